The average Bonchev–Trinajstić information content (AvgIpc) is 2.71. The van der Waals surface area contributed by atoms with E-state index >= 15 is 0 Å². The van der Waals surface area contributed by atoms with Crippen molar-refractivity contribution in [2.24, 2.45) is 0 Å². The monoisotopic (exact) mass is 274 g/mol. The largest absolute Gasteiger partial charge is 0.349 e. The van der Waals surface area contributed by atoms with Gasteiger partial charge in [-0.3, -0.25) is 4.79 Å². The summed E-state index contributed by atoms with van der Waals surface area (Å²) < 4.78 is 2.39. The molecule has 0 saturated heterocycles. The van der Waals surface area contributed by atoms with Gasteiger partial charge in [-0.15, -0.1) is 0 Å². The quantitative estimate of drug-likeness (QED) is 0.871. The maximum Gasteiger partial charge on any atom is 0.223 e. The van der Waals surface area contributed by atoms with Gasteiger partial charge in [-0.05, 0) is 24.4 Å². The van der Waals surface area contributed by atoms with Crippen LogP contribution in [-0.4, -0.2) is 34.5 Å². The Kier molecular flexibility index (Phi) is 3.67. The third-order valence-corrected chi connectivity index (χ3v) is 3.30. The van der Waals surface area contributed by atoms with Crippen LogP contribution in [0.1, 0.15) is 12.0 Å². The van der Waals surface area contributed by atoms with Crippen molar-refractivity contribution in [3.63, 3.8) is 0 Å². The molecular formula is C13H14N4OS. The average molecular weight is 274 g/mol. The Morgan fingerprint density at radius 2 is 2.26 bits per heavy atom. The van der Waals surface area contributed by atoms with E-state index in [-0.39, 0.29) is 5.91 Å². The highest BCUT2D eigenvalue weighted by atomic mass is 32.1. The van der Waals surface area contributed by atoms with Crippen molar-refractivity contribution in [2.45, 2.75) is 13.0 Å². The highest BCUT2D eigenvalue weighted by molar-refractivity contribution is 7.71. The van der Waals surface area contributed by atoms with Crippen LogP contribution in [0.2, 0.25) is 0 Å². The van der Waals surface area contributed by atoms with Crippen LogP contribution in [0, 0.1) is 16.1 Å². The molecule has 0 fully saturated rings. The Hall–Kier alpha value is -2.13. The highest BCUT2D eigenvalue weighted by Crippen LogP contribution is 2.18. The lowest BCUT2D eigenvalue weighted by Crippen LogP contribution is -2.22. The number of nitrogens with zero attached hydrogens (tertiary/aromatic N) is 3. The number of hydrogen-bond acceptors (Lipinski definition) is 3. The number of nitriles is 1. The molecule has 0 aliphatic heterocycles. The number of amides is 1. The Bertz CT molecular complexity index is 720. The number of benzene rings is 1. The summed E-state index contributed by atoms with van der Waals surface area (Å²) >= 11 is 5.25. The summed E-state index contributed by atoms with van der Waals surface area (Å²) in [4.78, 5) is 16.2. The summed E-state index contributed by atoms with van der Waals surface area (Å²) in [5, 5.41) is 9.05. The van der Waals surface area contributed by atoms with E-state index in [2.05, 4.69) is 11.1 Å². The van der Waals surface area contributed by atoms with Gasteiger partial charge in [0.1, 0.15) is 6.07 Å². The smallest absolute Gasteiger partial charge is 0.223 e. The second-order valence-corrected chi connectivity index (χ2v) is 4.82. The molecule has 19 heavy (non-hydrogen) atoms. The van der Waals surface area contributed by atoms with Crippen LogP contribution in [0.4, 0.5) is 0 Å². The zero-order valence-corrected chi connectivity index (χ0v) is 11.6. The minimum atomic E-state index is 0.0488. The molecule has 0 unspecified atom stereocenters. The molecule has 0 aliphatic rings. The molecule has 2 aromatic rings. The summed E-state index contributed by atoms with van der Waals surface area (Å²) in [6.45, 7) is 0.505. The summed E-state index contributed by atoms with van der Waals surface area (Å²) in [5.74, 6) is 0.0488. The fourth-order valence-electron chi connectivity index (χ4n) is 1.93. The van der Waals surface area contributed by atoms with Gasteiger partial charge in [-0.2, -0.15) is 5.26 Å². The number of rotatable bonds is 3. The SMILES string of the molecule is CN(C)C(=O)CCn1c(=S)[nH]c2c(C#N)cccc21. The zero-order valence-electron chi connectivity index (χ0n) is 10.8. The van der Waals surface area contributed by atoms with Gasteiger partial charge in [0.25, 0.3) is 0 Å². The van der Waals surface area contributed by atoms with Crippen molar-refractivity contribution < 1.29 is 4.79 Å². The zero-order chi connectivity index (χ0) is 14.0. The van der Waals surface area contributed by atoms with E-state index in [9.17, 15) is 4.79 Å². The molecule has 6 heteroatoms. The van der Waals surface area contributed by atoms with Crippen molar-refractivity contribution in [3.8, 4) is 6.07 Å². The normalized spacial score (nSPS) is 10.4. The van der Waals surface area contributed by atoms with E-state index in [1.165, 1.54) is 0 Å². The Morgan fingerprint density at radius 3 is 2.89 bits per heavy atom. The van der Waals surface area contributed by atoms with Crippen LogP contribution < -0.4 is 0 Å². The third kappa shape index (κ3) is 2.51. The first-order valence-corrected chi connectivity index (χ1v) is 6.27. The molecule has 0 aliphatic carbocycles. The van der Waals surface area contributed by atoms with Crippen LogP contribution in [-0.2, 0) is 11.3 Å². The van der Waals surface area contributed by atoms with Gasteiger partial charge < -0.3 is 14.5 Å². The topological polar surface area (TPSA) is 64.8 Å². The van der Waals surface area contributed by atoms with Crippen molar-refractivity contribution in [3.05, 3.63) is 28.5 Å². The summed E-state index contributed by atoms with van der Waals surface area (Å²) in [7, 11) is 3.45. The lowest BCUT2D eigenvalue weighted by molar-refractivity contribution is -0.128. The molecule has 0 atom stereocenters. The molecule has 0 bridgehead atoms. The summed E-state index contributed by atoms with van der Waals surface area (Å²) in [6.07, 6.45) is 0.380. The van der Waals surface area contributed by atoms with Gasteiger partial charge in [0.05, 0.1) is 16.6 Å². The number of H-pyrrole nitrogens is 1. The number of nitrogens with one attached hydrogen (secondary N) is 1. The van der Waals surface area contributed by atoms with Crippen LogP contribution in [0.5, 0.6) is 0 Å². The first-order chi connectivity index (χ1) is 9.04. The van der Waals surface area contributed by atoms with E-state index in [0.29, 0.717) is 23.3 Å². The maximum absolute atomic E-state index is 11.6. The van der Waals surface area contributed by atoms with E-state index in [1.54, 1.807) is 25.1 Å². The summed E-state index contributed by atoms with van der Waals surface area (Å²) in [5.41, 5.74) is 2.14. The minimum Gasteiger partial charge on any atom is -0.349 e. The third-order valence-electron chi connectivity index (χ3n) is 2.98. The minimum absolute atomic E-state index is 0.0488. The molecule has 0 saturated carbocycles. The number of para-hydroxylation sites is 1. The fourth-order valence-corrected chi connectivity index (χ4v) is 2.22. The van der Waals surface area contributed by atoms with Crippen LogP contribution in [0.15, 0.2) is 18.2 Å². The van der Waals surface area contributed by atoms with Gasteiger partial charge >= 0.3 is 0 Å². The Labute approximate surface area is 116 Å². The molecule has 1 aromatic heterocycles. The van der Waals surface area contributed by atoms with E-state index in [1.807, 2.05) is 16.7 Å². The predicted molar refractivity (Wildman–Crippen MR) is 75.1 cm³/mol. The molecule has 1 aromatic carbocycles. The first-order valence-electron chi connectivity index (χ1n) is 5.86. The molecule has 5 nitrogen and oxygen atoms in total. The van der Waals surface area contributed by atoms with Crippen LogP contribution in [0.25, 0.3) is 11.0 Å². The van der Waals surface area contributed by atoms with Gasteiger partial charge in [-0.25, -0.2) is 0 Å². The standard InChI is InChI=1S/C13H14N4OS/c1-16(2)11(18)6-7-17-10-5-3-4-9(8-14)12(10)15-13(17)19/h3-5H,6-7H2,1-2H3,(H,15,19). The lowest BCUT2D eigenvalue weighted by atomic mass is 10.2. The number of aromatic amines is 1. The van der Waals surface area contributed by atoms with Crippen LogP contribution >= 0.6 is 12.2 Å². The Balaban J connectivity index is 2.40. The first kappa shape index (κ1) is 13.3. The molecule has 1 N–H and O–H groups in total. The number of carbonyl (C=O) groups excluding carboxylic acids is 1. The van der Waals surface area contributed by atoms with E-state index in [0.717, 1.165) is 11.0 Å². The number of fused-ring (bicyclic) bond motifs is 1. The van der Waals surface area contributed by atoms with Crippen molar-refractivity contribution in [1.29, 1.82) is 5.26 Å². The molecule has 2 rings (SSSR count). The molecule has 0 radical (unpaired) electrons. The molecule has 1 amide bonds. The predicted octanol–water partition coefficient (Wildman–Crippen LogP) is 2.05. The maximum atomic E-state index is 11.6. The van der Waals surface area contributed by atoms with Crippen molar-refractivity contribution in [1.82, 2.24) is 14.5 Å². The van der Waals surface area contributed by atoms with E-state index < -0.39 is 0 Å². The lowest BCUT2D eigenvalue weighted by Gasteiger charge is -2.10. The van der Waals surface area contributed by atoms with Gasteiger partial charge in [0.15, 0.2) is 4.77 Å². The molecule has 98 valence electrons. The van der Waals surface area contributed by atoms with E-state index in [4.69, 9.17) is 17.5 Å². The van der Waals surface area contributed by atoms with Crippen molar-refractivity contribution >= 4 is 29.2 Å². The second kappa shape index (κ2) is 5.24. The Morgan fingerprint density at radius 1 is 1.53 bits per heavy atom. The number of hydrogen-bond donors (Lipinski definition) is 1. The number of carbonyl (C=O) groups is 1. The van der Waals surface area contributed by atoms with Crippen molar-refractivity contribution in [2.75, 3.05) is 14.1 Å². The molecule has 1 heterocycles. The second-order valence-electron chi connectivity index (χ2n) is 4.43. The fraction of sp³-hybridized carbons (Fsp3) is 0.308. The number of aryl methyl sites for hydroxylation is 1. The number of imidazole rings is 1. The van der Waals surface area contributed by atoms with Crippen LogP contribution in [0.3, 0.4) is 0 Å². The highest BCUT2D eigenvalue weighted by Gasteiger charge is 2.10. The molecule has 0 spiro atoms. The molecular weight excluding hydrogens is 260 g/mol. The van der Waals surface area contributed by atoms with Gasteiger partial charge in [-0.1, -0.05) is 6.07 Å². The van der Waals surface area contributed by atoms with Gasteiger partial charge in [0, 0.05) is 27.1 Å². The van der Waals surface area contributed by atoms with Gasteiger partial charge in [0.2, 0.25) is 5.91 Å². The number of aromatic nitrogens is 2. The summed E-state index contributed by atoms with van der Waals surface area (Å²) in [6, 6.07) is 7.57.